The van der Waals surface area contributed by atoms with Crippen LogP contribution in [0.3, 0.4) is 0 Å². The molecule has 0 spiro atoms. The minimum atomic E-state index is -0.285. The zero-order valence-corrected chi connectivity index (χ0v) is 13.0. The van der Waals surface area contributed by atoms with Gasteiger partial charge in [-0.2, -0.15) is 0 Å². The predicted molar refractivity (Wildman–Crippen MR) is 85.0 cm³/mol. The van der Waals surface area contributed by atoms with Crippen LogP contribution in [0.5, 0.6) is 0 Å². The molecule has 2 amide bonds. The molecule has 3 heterocycles. The molecule has 1 aromatic heterocycles. The number of nitrogens with zero attached hydrogens (tertiary/aromatic N) is 2. The average molecular weight is 315 g/mol. The summed E-state index contributed by atoms with van der Waals surface area (Å²) >= 11 is 0. The number of rotatable bonds is 4. The molecule has 1 N–H and O–H groups in total. The second-order valence-corrected chi connectivity index (χ2v) is 6.29. The highest BCUT2D eigenvalue weighted by Gasteiger charge is 2.28. The molecule has 3 rings (SSSR count). The SMILES string of the molecule is O=CCC1CCN(c2ccc([C@H]3CCC(=O)NC3=O)cn2)CC1. The number of nitrogens with one attached hydrogen (secondary N) is 1. The molecule has 1 aromatic rings. The van der Waals surface area contributed by atoms with Crippen molar-refractivity contribution in [1.82, 2.24) is 10.3 Å². The minimum Gasteiger partial charge on any atom is -0.357 e. The van der Waals surface area contributed by atoms with Crippen molar-refractivity contribution >= 4 is 23.9 Å². The summed E-state index contributed by atoms with van der Waals surface area (Å²) in [4.78, 5) is 40.4. The van der Waals surface area contributed by atoms with Gasteiger partial charge in [-0.25, -0.2) is 4.98 Å². The fraction of sp³-hybridized carbons (Fsp3) is 0.529. The van der Waals surface area contributed by atoms with Crippen molar-refractivity contribution in [2.24, 2.45) is 5.92 Å². The molecule has 0 aliphatic carbocycles. The van der Waals surface area contributed by atoms with Crippen LogP contribution in [0, 0.1) is 5.92 Å². The number of aromatic nitrogens is 1. The first kappa shape index (κ1) is 15.6. The highest BCUT2D eigenvalue weighted by molar-refractivity contribution is 6.00. The molecule has 1 atom stereocenters. The lowest BCUT2D eigenvalue weighted by Gasteiger charge is -2.32. The molecular weight excluding hydrogens is 294 g/mol. The number of imide groups is 1. The number of carbonyl (C=O) groups is 3. The van der Waals surface area contributed by atoms with E-state index in [1.54, 1.807) is 6.20 Å². The minimum absolute atomic E-state index is 0.200. The smallest absolute Gasteiger partial charge is 0.234 e. The second-order valence-electron chi connectivity index (χ2n) is 6.29. The fourth-order valence-electron chi connectivity index (χ4n) is 3.34. The molecule has 2 aliphatic rings. The zero-order chi connectivity index (χ0) is 16.2. The first-order chi connectivity index (χ1) is 11.2. The van der Waals surface area contributed by atoms with Gasteiger partial charge in [-0.05, 0) is 36.8 Å². The lowest BCUT2D eigenvalue weighted by atomic mass is 9.91. The third kappa shape index (κ3) is 3.57. The number of aldehydes is 1. The van der Waals surface area contributed by atoms with Crippen LogP contribution in [0.15, 0.2) is 18.3 Å². The first-order valence-electron chi connectivity index (χ1n) is 8.15. The Morgan fingerprint density at radius 1 is 1.22 bits per heavy atom. The van der Waals surface area contributed by atoms with Crippen molar-refractivity contribution in [3.63, 3.8) is 0 Å². The zero-order valence-electron chi connectivity index (χ0n) is 13.0. The molecule has 0 aromatic carbocycles. The number of anilines is 1. The Labute approximate surface area is 135 Å². The van der Waals surface area contributed by atoms with E-state index in [0.717, 1.165) is 43.6 Å². The van der Waals surface area contributed by atoms with Gasteiger partial charge in [-0.1, -0.05) is 6.07 Å². The van der Waals surface area contributed by atoms with Crippen molar-refractivity contribution < 1.29 is 14.4 Å². The van der Waals surface area contributed by atoms with Gasteiger partial charge < -0.3 is 9.69 Å². The van der Waals surface area contributed by atoms with Gasteiger partial charge in [0, 0.05) is 32.1 Å². The number of pyridine rings is 1. The van der Waals surface area contributed by atoms with E-state index in [1.165, 1.54) is 0 Å². The Balaban J connectivity index is 1.62. The largest absolute Gasteiger partial charge is 0.357 e. The maximum Gasteiger partial charge on any atom is 0.234 e. The summed E-state index contributed by atoms with van der Waals surface area (Å²) in [5.74, 6) is 0.684. The van der Waals surface area contributed by atoms with E-state index in [1.807, 2.05) is 12.1 Å². The number of hydrogen-bond donors (Lipinski definition) is 1. The Hall–Kier alpha value is -2.24. The van der Waals surface area contributed by atoms with Gasteiger partial charge in [0.25, 0.3) is 0 Å². The Morgan fingerprint density at radius 3 is 2.61 bits per heavy atom. The van der Waals surface area contributed by atoms with E-state index in [0.29, 0.717) is 25.2 Å². The Bertz CT molecular complexity index is 592. The standard InChI is InChI=1S/C17H21N3O3/c21-10-7-12-5-8-20(9-6-12)15-3-1-13(11-18-15)14-2-4-16(22)19-17(14)23/h1,3,10-12,14H,2,4-9H2,(H,19,22,23)/t14-/m1/s1. The van der Waals surface area contributed by atoms with E-state index >= 15 is 0 Å². The molecular formula is C17H21N3O3. The maximum atomic E-state index is 11.9. The van der Waals surface area contributed by atoms with Crippen molar-refractivity contribution in [1.29, 1.82) is 0 Å². The van der Waals surface area contributed by atoms with Crippen molar-refractivity contribution in [2.45, 2.75) is 38.0 Å². The Morgan fingerprint density at radius 2 is 2.00 bits per heavy atom. The lowest BCUT2D eigenvalue weighted by molar-refractivity contribution is -0.134. The van der Waals surface area contributed by atoms with Crippen molar-refractivity contribution in [2.75, 3.05) is 18.0 Å². The molecule has 0 bridgehead atoms. The van der Waals surface area contributed by atoms with Gasteiger partial charge in [0.05, 0.1) is 5.92 Å². The molecule has 2 saturated heterocycles. The highest BCUT2D eigenvalue weighted by Crippen LogP contribution is 2.27. The summed E-state index contributed by atoms with van der Waals surface area (Å²) in [6, 6.07) is 3.87. The van der Waals surface area contributed by atoms with E-state index < -0.39 is 0 Å². The van der Waals surface area contributed by atoms with Crippen LogP contribution in [0.2, 0.25) is 0 Å². The molecule has 122 valence electrons. The van der Waals surface area contributed by atoms with Gasteiger partial charge in [-0.3, -0.25) is 14.9 Å². The normalized spacial score (nSPS) is 22.8. The van der Waals surface area contributed by atoms with Crippen LogP contribution < -0.4 is 10.2 Å². The molecule has 6 heteroatoms. The summed E-state index contributed by atoms with van der Waals surface area (Å²) in [6.45, 7) is 1.81. The molecule has 0 saturated carbocycles. The van der Waals surface area contributed by atoms with Crippen LogP contribution in [0.25, 0.3) is 0 Å². The van der Waals surface area contributed by atoms with E-state index in [-0.39, 0.29) is 17.7 Å². The molecule has 2 aliphatic heterocycles. The van der Waals surface area contributed by atoms with Gasteiger partial charge in [0.2, 0.25) is 11.8 Å². The molecule has 23 heavy (non-hydrogen) atoms. The quantitative estimate of drug-likeness (QED) is 0.671. The van der Waals surface area contributed by atoms with Crippen molar-refractivity contribution in [3.8, 4) is 0 Å². The third-order valence-corrected chi connectivity index (χ3v) is 4.78. The number of hydrogen-bond acceptors (Lipinski definition) is 5. The number of carbonyl (C=O) groups excluding carboxylic acids is 3. The summed E-state index contributed by atoms with van der Waals surface area (Å²) in [7, 11) is 0. The fourth-order valence-corrected chi connectivity index (χ4v) is 3.34. The summed E-state index contributed by atoms with van der Waals surface area (Å²) < 4.78 is 0. The Kier molecular flexibility index (Phi) is 4.69. The van der Waals surface area contributed by atoms with Gasteiger partial charge in [-0.15, -0.1) is 0 Å². The van der Waals surface area contributed by atoms with E-state index in [9.17, 15) is 14.4 Å². The second kappa shape index (κ2) is 6.89. The van der Waals surface area contributed by atoms with Gasteiger partial charge >= 0.3 is 0 Å². The van der Waals surface area contributed by atoms with Crippen LogP contribution in [0.1, 0.15) is 43.6 Å². The predicted octanol–water partition coefficient (Wildman–Crippen LogP) is 1.41. The summed E-state index contributed by atoms with van der Waals surface area (Å²) in [6.07, 6.45) is 6.34. The topological polar surface area (TPSA) is 79.4 Å². The molecule has 6 nitrogen and oxygen atoms in total. The van der Waals surface area contributed by atoms with Crippen molar-refractivity contribution in [3.05, 3.63) is 23.9 Å². The maximum absolute atomic E-state index is 11.9. The first-order valence-corrected chi connectivity index (χ1v) is 8.15. The third-order valence-electron chi connectivity index (χ3n) is 4.78. The van der Waals surface area contributed by atoms with Gasteiger partial charge in [0.15, 0.2) is 0 Å². The van der Waals surface area contributed by atoms with Crippen LogP contribution in [0.4, 0.5) is 5.82 Å². The van der Waals surface area contributed by atoms with Crippen LogP contribution in [-0.2, 0) is 14.4 Å². The summed E-state index contributed by atoms with van der Waals surface area (Å²) in [5.41, 5.74) is 0.856. The highest BCUT2D eigenvalue weighted by atomic mass is 16.2. The molecule has 0 radical (unpaired) electrons. The average Bonchev–Trinajstić information content (AvgIpc) is 2.56. The molecule has 2 fully saturated rings. The number of piperidine rings is 2. The summed E-state index contributed by atoms with van der Waals surface area (Å²) in [5, 5.41) is 2.38. The van der Waals surface area contributed by atoms with E-state index in [4.69, 9.17) is 0 Å². The van der Waals surface area contributed by atoms with E-state index in [2.05, 4.69) is 15.2 Å². The molecule has 0 unspecified atom stereocenters. The van der Waals surface area contributed by atoms with Gasteiger partial charge in [0.1, 0.15) is 12.1 Å². The van der Waals surface area contributed by atoms with Crippen LogP contribution >= 0.6 is 0 Å². The lowest BCUT2D eigenvalue weighted by Crippen LogP contribution is -2.39. The monoisotopic (exact) mass is 315 g/mol. The van der Waals surface area contributed by atoms with Crippen LogP contribution in [-0.4, -0.2) is 36.2 Å². The number of amides is 2.